The Balaban J connectivity index is 1.52. The Hall–Kier alpha value is -1.56. The first-order valence-electron chi connectivity index (χ1n) is 9.62. The highest BCUT2D eigenvalue weighted by Crippen LogP contribution is 2.61. The maximum absolute atomic E-state index is 12.9. The third kappa shape index (κ3) is 3.36. The van der Waals surface area contributed by atoms with Gasteiger partial charge in [-0.15, -0.1) is 0 Å². The Morgan fingerprint density at radius 3 is 2.15 bits per heavy atom. The average Bonchev–Trinajstić information content (AvgIpc) is 2.52. The van der Waals surface area contributed by atoms with Gasteiger partial charge in [0, 0.05) is 6.04 Å². The molecule has 5 nitrogen and oxygen atoms in total. The van der Waals surface area contributed by atoms with E-state index in [0.717, 1.165) is 24.0 Å². The molecular formula is C20H28N2O3S. The average molecular weight is 377 g/mol. The normalized spacial score (nSPS) is 33.7. The number of carbonyl (C=O) groups is 1. The molecule has 1 unspecified atom stereocenters. The molecule has 6 heteroatoms. The van der Waals surface area contributed by atoms with Crippen molar-refractivity contribution in [2.45, 2.75) is 51.5 Å². The van der Waals surface area contributed by atoms with Crippen molar-refractivity contribution in [3.63, 3.8) is 0 Å². The van der Waals surface area contributed by atoms with Gasteiger partial charge in [-0.05, 0) is 80.8 Å². The van der Waals surface area contributed by atoms with Gasteiger partial charge in [0.25, 0.3) is 5.91 Å². The quantitative estimate of drug-likeness (QED) is 0.827. The number of hydrogen-bond donors (Lipinski definition) is 2. The molecule has 0 saturated heterocycles. The van der Waals surface area contributed by atoms with Crippen LogP contribution in [0.25, 0.3) is 0 Å². The monoisotopic (exact) mass is 376 g/mol. The number of amides is 1. The molecule has 4 bridgehead atoms. The summed E-state index contributed by atoms with van der Waals surface area (Å²) in [7, 11) is -3.43. The second-order valence-corrected chi connectivity index (χ2v) is 10.6. The number of para-hydroxylation sites is 1. The molecule has 0 radical (unpaired) electrons. The van der Waals surface area contributed by atoms with Gasteiger partial charge in [0.1, 0.15) is 0 Å². The first-order chi connectivity index (χ1) is 12.2. The topological polar surface area (TPSA) is 75.3 Å². The molecule has 0 heterocycles. The lowest BCUT2D eigenvalue weighted by molar-refractivity contribution is -0.0687. The molecule has 4 saturated carbocycles. The zero-order chi connectivity index (χ0) is 18.5. The van der Waals surface area contributed by atoms with E-state index >= 15 is 0 Å². The van der Waals surface area contributed by atoms with Crippen LogP contribution in [0.3, 0.4) is 0 Å². The van der Waals surface area contributed by atoms with Crippen LogP contribution < -0.4 is 10.0 Å². The number of rotatable bonds is 5. The molecule has 0 aromatic heterocycles. The van der Waals surface area contributed by atoms with Gasteiger partial charge < -0.3 is 5.32 Å². The molecule has 142 valence electrons. The number of benzene rings is 1. The minimum absolute atomic E-state index is 0.106. The van der Waals surface area contributed by atoms with Crippen molar-refractivity contribution >= 4 is 21.6 Å². The molecule has 2 N–H and O–H groups in total. The van der Waals surface area contributed by atoms with E-state index in [1.165, 1.54) is 38.5 Å². The van der Waals surface area contributed by atoms with Crippen molar-refractivity contribution in [2.75, 3.05) is 11.0 Å². The molecule has 4 aliphatic carbocycles. The van der Waals surface area contributed by atoms with Crippen LogP contribution in [0.15, 0.2) is 24.3 Å². The van der Waals surface area contributed by atoms with Crippen molar-refractivity contribution < 1.29 is 13.2 Å². The van der Waals surface area contributed by atoms with Crippen molar-refractivity contribution in [1.29, 1.82) is 0 Å². The van der Waals surface area contributed by atoms with Crippen LogP contribution >= 0.6 is 0 Å². The van der Waals surface area contributed by atoms with E-state index in [-0.39, 0.29) is 17.4 Å². The van der Waals surface area contributed by atoms with Crippen LogP contribution in [-0.4, -0.2) is 26.6 Å². The summed E-state index contributed by atoms with van der Waals surface area (Å²) in [6.07, 6.45) is 8.90. The Labute approximate surface area is 156 Å². The van der Waals surface area contributed by atoms with Crippen LogP contribution in [-0.2, 0) is 10.0 Å². The van der Waals surface area contributed by atoms with E-state index in [0.29, 0.717) is 11.3 Å². The molecule has 26 heavy (non-hydrogen) atoms. The second kappa shape index (κ2) is 6.25. The van der Waals surface area contributed by atoms with Crippen molar-refractivity contribution in [3.8, 4) is 0 Å². The zero-order valence-corrected chi connectivity index (χ0v) is 16.3. The van der Waals surface area contributed by atoms with E-state index < -0.39 is 10.0 Å². The summed E-state index contributed by atoms with van der Waals surface area (Å²) in [6.45, 7) is 2.14. The minimum Gasteiger partial charge on any atom is -0.349 e. The zero-order valence-electron chi connectivity index (χ0n) is 15.5. The van der Waals surface area contributed by atoms with Crippen LogP contribution in [0.2, 0.25) is 0 Å². The van der Waals surface area contributed by atoms with Gasteiger partial charge in [0.15, 0.2) is 0 Å². The van der Waals surface area contributed by atoms with Crippen molar-refractivity contribution in [1.82, 2.24) is 5.32 Å². The maximum atomic E-state index is 12.9. The van der Waals surface area contributed by atoms with Crippen LogP contribution in [0.4, 0.5) is 5.69 Å². The molecule has 1 atom stereocenters. The van der Waals surface area contributed by atoms with Crippen LogP contribution in [0, 0.1) is 23.2 Å². The van der Waals surface area contributed by atoms with Gasteiger partial charge in [-0.3, -0.25) is 9.52 Å². The molecule has 5 rings (SSSR count). The van der Waals surface area contributed by atoms with Gasteiger partial charge in [-0.2, -0.15) is 0 Å². The summed E-state index contributed by atoms with van der Waals surface area (Å²) in [4.78, 5) is 12.9. The number of nitrogens with one attached hydrogen (secondary N) is 2. The van der Waals surface area contributed by atoms with Crippen LogP contribution in [0.5, 0.6) is 0 Å². The predicted octanol–water partition coefficient (Wildman–Crippen LogP) is 3.39. The number of sulfonamides is 1. The number of anilines is 1. The largest absolute Gasteiger partial charge is 0.349 e. The van der Waals surface area contributed by atoms with Gasteiger partial charge in [0.2, 0.25) is 10.0 Å². The Morgan fingerprint density at radius 1 is 1.08 bits per heavy atom. The summed E-state index contributed by atoms with van der Waals surface area (Å²) in [5, 5.41) is 3.21. The van der Waals surface area contributed by atoms with Gasteiger partial charge in [-0.25, -0.2) is 8.42 Å². The fourth-order valence-electron chi connectivity index (χ4n) is 6.11. The number of carbonyl (C=O) groups excluding carboxylic acids is 1. The van der Waals surface area contributed by atoms with E-state index in [1.807, 2.05) is 0 Å². The standard InChI is InChI=1S/C20H28N2O3S/c1-13(20-10-14-7-15(11-20)9-16(8-14)12-20)21-19(23)17-5-3-4-6-18(17)22-26(2,24)25/h3-6,13-16,22H,7-12H2,1-2H3,(H,21,23). The smallest absolute Gasteiger partial charge is 0.253 e. The molecule has 0 aliphatic heterocycles. The first-order valence-corrected chi connectivity index (χ1v) is 11.5. The summed E-state index contributed by atoms with van der Waals surface area (Å²) >= 11 is 0. The second-order valence-electron chi connectivity index (χ2n) is 8.89. The van der Waals surface area contributed by atoms with Crippen molar-refractivity contribution in [3.05, 3.63) is 29.8 Å². The SMILES string of the molecule is CC(NC(=O)c1ccccc1NS(C)(=O)=O)C12CC3CC(CC(C3)C1)C2. The molecule has 0 spiro atoms. The fourth-order valence-corrected chi connectivity index (χ4v) is 6.68. The molecule has 4 fully saturated rings. The highest BCUT2D eigenvalue weighted by molar-refractivity contribution is 7.92. The third-order valence-corrected chi connectivity index (χ3v) is 7.41. The molecule has 1 aromatic rings. The van der Waals surface area contributed by atoms with Crippen molar-refractivity contribution in [2.24, 2.45) is 23.2 Å². The third-order valence-electron chi connectivity index (χ3n) is 6.82. The fraction of sp³-hybridized carbons (Fsp3) is 0.650. The first kappa shape index (κ1) is 17.8. The molecule has 1 amide bonds. The summed E-state index contributed by atoms with van der Waals surface area (Å²) in [6, 6.07) is 6.90. The summed E-state index contributed by atoms with van der Waals surface area (Å²) in [5.74, 6) is 2.30. The van der Waals surface area contributed by atoms with E-state index in [9.17, 15) is 13.2 Å². The highest BCUT2D eigenvalue weighted by atomic mass is 32.2. The Bertz CT molecular complexity index is 783. The predicted molar refractivity (Wildman–Crippen MR) is 102 cm³/mol. The molecule has 4 aliphatic rings. The summed E-state index contributed by atoms with van der Waals surface area (Å²) < 4.78 is 25.6. The van der Waals surface area contributed by atoms with E-state index in [1.54, 1.807) is 24.3 Å². The van der Waals surface area contributed by atoms with Gasteiger partial charge in [-0.1, -0.05) is 12.1 Å². The molecule has 1 aromatic carbocycles. The van der Waals surface area contributed by atoms with Gasteiger partial charge in [0.05, 0.1) is 17.5 Å². The lowest BCUT2D eigenvalue weighted by Gasteiger charge is -2.59. The Kier molecular flexibility index (Phi) is 4.29. The minimum atomic E-state index is -3.43. The summed E-state index contributed by atoms with van der Waals surface area (Å²) in [5.41, 5.74) is 0.948. The van der Waals surface area contributed by atoms with E-state index in [2.05, 4.69) is 17.0 Å². The maximum Gasteiger partial charge on any atom is 0.253 e. The molecular weight excluding hydrogens is 348 g/mol. The van der Waals surface area contributed by atoms with Gasteiger partial charge >= 0.3 is 0 Å². The highest BCUT2D eigenvalue weighted by Gasteiger charge is 2.53. The lowest BCUT2D eigenvalue weighted by atomic mass is 9.48. The Morgan fingerprint density at radius 2 is 1.62 bits per heavy atom. The van der Waals surface area contributed by atoms with Crippen LogP contribution in [0.1, 0.15) is 55.8 Å². The number of hydrogen-bond acceptors (Lipinski definition) is 3. The van der Waals surface area contributed by atoms with E-state index in [4.69, 9.17) is 0 Å². The lowest BCUT2D eigenvalue weighted by Crippen LogP contribution is -2.55.